The Labute approximate surface area is 89.5 Å². The zero-order valence-electron chi connectivity index (χ0n) is 6.11. The molecule has 0 aromatic rings. The van der Waals surface area contributed by atoms with E-state index in [4.69, 9.17) is 30.6 Å². The van der Waals surface area contributed by atoms with Gasteiger partial charge in [0.25, 0.3) is 0 Å². The van der Waals surface area contributed by atoms with E-state index in [9.17, 15) is 0 Å². The first-order chi connectivity index (χ1) is 5.20. The smallest absolute Gasteiger partial charge is 0.377 e. The number of nitrogens with two attached hydrogens (primary N) is 2. The molecule has 0 aliphatic heterocycles. The summed E-state index contributed by atoms with van der Waals surface area (Å²) in [5.41, 5.74) is 9.24. The largest absolute Gasteiger partial charge is 2.00 e. The zero-order valence-corrected chi connectivity index (χ0v) is 9.90. The summed E-state index contributed by atoms with van der Waals surface area (Å²) in [7, 11) is 0. The maximum atomic E-state index is 8.25. The summed E-state index contributed by atoms with van der Waals surface area (Å²) in [5.74, 6) is 0. The monoisotopic (exact) mass is 264 g/mol. The second-order valence-corrected chi connectivity index (χ2v) is 1.32. The molecule has 0 aromatic carbocycles. The van der Waals surface area contributed by atoms with Crippen molar-refractivity contribution in [2.45, 2.75) is 0 Å². The van der Waals surface area contributed by atoms with E-state index in [2.05, 4.69) is 23.7 Å². The molecule has 0 saturated carbocycles. The van der Waals surface area contributed by atoms with Gasteiger partial charge in [-0.05, 0) is 12.2 Å². The summed E-state index contributed by atoms with van der Waals surface area (Å²) in [4.78, 5) is 16.5. The second-order valence-electron chi connectivity index (χ2n) is 0.850. The van der Waals surface area contributed by atoms with Crippen LogP contribution in [0.2, 0.25) is 0 Å². The molecule has 0 radical (unpaired) electrons. The van der Waals surface area contributed by atoms with Crippen molar-refractivity contribution in [1.82, 2.24) is 0 Å². The van der Waals surface area contributed by atoms with Crippen LogP contribution in [0.4, 0.5) is 0 Å². The molecule has 0 heterocycles. The minimum atomic E-state index is -1.75. The number of hydrogen-bond acceptors (Lipinski definition) is 7. The van der Waals surface area contributed by atoms with Gasteiger partial charge in [0, 0.05) is 0 Å². The van der Waals surface area contributed by atoms with Gasteiger partial charge in [-0.25, -0.2) is 0 Å². The molecule has 10 nitrogen and oxygen atoms in total. The van der Waals surface area contributed by atoms with Gasteiger partial charge in [-0.2, -0.15) is 0 Å². The molecule has 0 saturated heterocycles. The summed E-state index contributed by atoms with van der Waals surface area (Å²) in [6.45, 7) is 0. The van der Waals surface area contributed by atoms with E-state index in [0.717, 1.165) is 0 Å². The third-order valence-corrected chi connectivity index (χ3v) is 0. The maximum absolute atomic E-state index is 8.25. The van der Waals surface area contributed by atoms with Crippen LogP contribution in [0.25, 0.3) is 0 Å². The van der Waals surface area contributed by atoms with Crippen molar-refractivity contribution in [2.24, 2.45) is 11.5 Å². The fraction of sp³-hybridized carbons (Fsp3) is 0. The third kappa shape index (κ3) is 491. The normalized spacial score (nSPS) is 5.54. The van der Waals surface area contributed by atoms with Crippen molar-refractivity contribution in [3.05, 3.63) is 30.6 Å². The molecule has 13 heavy (non-hydrogen) atoms. The number of nitrogens with zero attached hydrogens (tertiary/aromatic N) is 2. The van der Waals surface area contributed by atoms with Crippen LogP contribution in [-0.2, 0) is 19.5 Å². The van der Waals surface area contributed by atoms with E-state index in [1.807, 2.05) is 0 Å². The zero-order chi connectivity index (χ0) is 10.7. The molecule has 0 spiro atoms. The molecule has 72 valence electrons. The van der Waals surface area contributed by atoms with Gasteiger partial charge in [-0.1, -0.05) is 0 Å². The predicted molar refractivity (Wildman–Crippen MR) is 41.7 cm³/mol. The first-order valence-corrected chi connectivity index (χ1v) is 2.29. The van der Waals surface area contributed by atoms with E-state index in [0.29, 0.717) is 0 Å². The Hall–Kier alpha value is -1.29. The average molecular weight is 266 g/mol. The van der Waals surface area contributed by atoms with Gasteiger partial charge in [0.15, 0.2) is 5.11 Å². The Morgan fingerprint density at radius 3 is 1.00 bits per heavy atom. The van der Waals surface area contributed by atoms with E-state index in [1.54, 1.807) is 0 Å². The van der Waals surface area contributed by atoms with E-state index in [1.165, 1.54) is 0 Å². The molecule has 0 fully saturated rings. The van der Waals surface area contributed by atoms with E-state index >= 15 is 0 Å². The quantitative estimate of drug-likeness (QED) is 0.232. The van der Waals surface area contributed by atoms with Crippen LogP contribution in [-0.4, -0.2) is 15.3 Å². The van der Waals surface area contributed by atoms with Crippen molar-refractivity contribution in [3.8, 4) is 0 Å². The standard InChI is InChI=1S/CH4N2S.2NO3.Zn/c3*2-1(3)4;/h(H4,2,3,4);;;/q;2*-1;+2. The second kappa shape index (κ2) is 17.0. The molecule has 0 aliphatic rings. The Morgan fingerprint density at radius 2 is 1.00 bits per heavy atom. The van der Waals surface area contributed by atoms with Gasteiger partial charge in [0.05, 0.1) is 10.2 Å². The molecular formula is CH4N4O6SZn. The molecule has 0 atom stereocenters. The number of thiocarbonyl (C=S) groups is 1. The van der Waals surface area contributed by atoms with Gasteiger partial charge in [0.1, 0.15) is 0 Å². The van der Waals surface area contributed by atoms with Crippen LogP contribution in [0, 0.1) is 30.6 Å². The summed E-state index contributed by atoms with van der Waals surface area (Å²) < 4.78 is 0. The van der Waals surface area contributed by atoms with Gasteiger partial charge in [-0.15, -0.1) is 0 Å². The fourth-order valence-corrected chi connectivity index (χ4v) is 0. The van der Waals surface area contributed by atoms with Crippen molar-refractivity contribution in [2.75, 3.05) is 0 Å². The topological polar surface area (TPSA) is 184 Å². The first-order valence-electron chi connectivity index (χ1n) is 1.88. The molecule has 0 aliphatic carbocycles. The fourth-order valence-electron chi connectivity index (χ4n) is 0. The maximum Gasteiger partial charge on any atom is 2.00 e. The van der Waals surface area contributed by atoms with Gasteiger partial charge >= 0.3 is 19.5 Å². The van der Waals surface area contributed by atoms with Crippen molar-refractivity contribution in [1.29, 1.82) is 0 Å². The van der Waals surface area contributed by atoms with Crippen LogP contribution in [0.1, 0.15) is 0 Å². The SMILES string of the molecule is NC(N)=S.O=[N+]([O-])[O-].O=[N+]([O-])[O-].[Zn+2]. The van der Waals surface area contributed by atoms with Crippen LogP contribution in [0.15, 0.2) is 0 Å². The summed E-state index contributed by atoms with van der Waals surface area (Å²) in [6.07, 6.45) is 0. The van der Waals surface area contributed by atoms with Crippen molar-refractivity contribution in [3.63, 3.8) is 0 Å². The van der Waals surface area contributed by atoms with Crippen molar-refractivity contribution < 1.29 is 29.7 Å². The molecule has 4 N–H and O–H groups in total. The Morgan fingerprint density at radius 1 is 1.00 bits per heavy atom. The van der Waals surface area contributed by atoms with Gasteiger partial charge < -0.3 is 42.1 Å². The average Bonchev–Trinajstić information content (AvgIpc) is 1.54. The Balaban J connectivity index is -0.0000000450. The van der Waals surface area contributed by atoms with Gasteiger partial charge in [0.2, 0.25) is 0 Å². The van der Waals surface area contributed by atoms with Crippen LogP contribution >= 0.6 is 12.2 Å². The Bertz CT molecular complexity index is 122. The number of hydrogen-bond donors (Lipinski definition) is 2. The van der Waals surface area contributed by atoms with E-state index in [-0.39, 0.29) is 24.6 Å². The summed E-state index contributed by atoms with van der Waals surface area (Å²) >= 11 is 4.09. The minimum Gasteiger partial charge on any atom is -0.377 e. The molecule has 0 bridgehead atoms. The van der Waals surface area contributed by atoms with Crippen LogP contribution in [0.5, 0.6) is 0 Å². The molecule has 12 heteroatoms. The minimum absolute atomic E-state index is 0. The summed E-state index contributed by atoms with van der Waals surface area (Å²) in [6, 6.07) is 0. The molecule has 0 aromatic heterocycles. The third-order valence-electron chi connectivity index (χ3n) is 0. The van der Waals surface area contributed by atoms with E-state index < -0.39 is 10.2 Å². The van der Waals surface area contributed by atoms with Crippen LogP contribution < -0.4 is 11.5 Å². The first kappa shape index (κ1) is 22.6. The molecule has 0 rings (SSSR count). The van der Waals surface area contributed by atoms with Crippen molar-refractivity contribution >= 4 is 17.3 Å². The molecule has 0 unspecified atom stereocenters. The predicted octanol–water partition coefficient (Wildman–Crippen LogP) is -1.29. The van der Waals surface area contributed by atoms with Gasteiger partial charge in [-0.3, -0.25) is 0 Å². The Kier molecular flexibility index (Phi) is 29.5. The molecule has 0 amide bonds. The number of rotatable bonds is 0. The van der Waals surface area contributed by atoms with Crippen LogP contribution in [0.3, 0.4) is 0 Å². The molecular weight excluding hydrogens is 261 g/mol. The summed E-state index contributed by atoms with van der Waals surface area (Å²) in [5, 5.41) is 29.5.